The molecule has 2 amide bonds. The Morgan fingerprint density at radius 3 is 1.83 bits per heavy atom. The molecule has 0 aliphatic rings. The summed E-state index contributed by atoms with van der Waals surface area (Å²) in [5, 5.41) is 13.8. The molecule has 0 fully saturated rings. The molecule has 0 saturated heterocycles. The summed E-state index contributed by atoms with van der Waals surface area (Å²) in [4.78, 5) is 50.6. The molecule has 1 heterocycles. The van der Waals surface area contributed by atoms with Gasteiger partial charge >= 0.3 is 11.9 Å². The predicted octanol–water partition coefficient (Wildman–Crippen LogP) is 5.51. The van der Waals surface area contributed by atoms with E-state index in [0.29, 0.717) is 25.2 Å². The summed E-state index contributed by atoms with van der Waals surface area (Å²) < 4.78 is 60.4. The maximum absolute atomic E-state index is 13.0. The van der Waals surface area contributed by atoms with Gasteiger partial charge in [0.05, 0.1) is 56.7 Å². The van der Waals surface area contributed by atoms with Gasteiger partial charge in [0.15, 0.2) is 0 Å². The third kappa shape index (κ3) is 24.6. The number of rotatable bonds is 34. The van der Waals surface area contributed by atoms with Crippen LogP contribution < -0.4 is 20.1 Å². The van der Waals surface area contributed by atoms with Gasteiger partial charge in [-0.25, -0.2) is 18.2 Å². The van der Waals surface area contributed by atoms with E-state index in [9.17, 15) is 27.6 Å². The Labute approximate surface area is 377 Å². The molecule has 0 bridgehead atoms. The van der Waals surface area contributed by atoms with Crippen molar-refractivity contribution in [3.8, 4) is 5.75 Å². The molecule has 0 radical (unpaired) electrons. The number of carboxylic acids is 1. The smallest absolute Gasteiger partial charge is 0.329 e. The molecule has 0 aliphatic carbocycles. The Kier molecular flexibility index (Phi) is 25.0. The number of unbranched alkanes of at least 4 members (excludes halogenated alkanes) is 6. The first-order valence-electron chi connectivity index (χ1n) is 21.8. The first-order chi connectivity index (χ1) is 30.7. The molecule has 1 aromatic heterocycles. The summed E-state index contributed by atoms with van der Waals surface area (Å²) in [7, 11) is -3.95. The maximum Gasteiger partial charge on any atom is 0.329 e. The highest BCUT2D eigenvalue weighted by Crippen LogP contribution is 2.20. The number of hydrogen-bond donors (Lipinski definition) is 4. The number of anilines is 1. The molecule has 0 spiro atoms. The molecular weight excluding hydrogens is 849 g/mol. The third-order valence-corrected chi connectivity index (χ3v) is 10.5. The molecule has 0 saturated carbocycles. The Morgan fingerprint density at radius 2 is 1.22 bits per heavy atom. The van der Waals surface area contributed by atoms with Gasteiger partial charge in [-0.15, -0.1) is 0 Å². The highest BCUT2D eigenvalue weighted by Gasteiger charge is 2.17. The average Bonchev–Trinajstić information content (AvgIpc) is 3.25. The van der Waals surface area contributed by atoms with Gasteiger partial charge in [0.1, 0.15) is 30.4 Å². The summed E-state index contributed by atoms with van der Waals surface area (Å²) in [6.45, 7) is 7.20. The molecule has 4 N–H and O–H groups in total. The van der Waals surface area contributed by atoms with Crippen LogP contribution in [0.25, 0.3) is 0 Å². The zero-order chi connectivity index (χ0) is 46.5. The molecule has 64 heavy (non-hydrogen) atoms. The topological polar surface area (TPSA) is 227 Å². The first-order valence-corrected chi connectivity index (χ1v) is 23.3. The summed E-state index contributed by atoms with van der Waals surface area (Å²) in [6, 6.07) is 17.6. The number of benzene rings is 2. The van der Waals surface area contributed by atoms with Crippen LogP contribution in [-0.2, 0) is 60.9 Å². The standard InChI is InChI=1S/C46H66N4O13S/c1-46(2,3)63-44(54)12-10-8-6-4-5-7-9-11-36-13-15-37(16-14-36)23-26-62-39-18-20-40(21-19-39)64(56,57)50-41-22-17-38(33-49-41)45(55)48-25-28-59-29-31-60-34-42(51)47-24-27-58-30-32-61-35-43(52)53/h13-22,33H,4-12,23-32,34-35H2,1-3H3,(H,47,51)(H,48,55)(H,49,50)(H,52,53). The number of amides is 2. The fourth-order valence-electron chi connectivity index (χ4n) is 5.95. The van der Waals surface area contributed by atoms with Crippen molar-refractivity contribution in [2.24, 2.45) is 0 Å². The van der Waals surface area contributed by atoms with E-state index in [1.807, 2.05) is 20.8 Å². The Hall–Kier alpha value is -5.14. The lowest BCUT2D eigenvalue weighted by molar-refractivity contribution is -0.155. The fraction of sp³-hybridized carbons (Fsp3) is 0.543. The minimum absolute atomic E-state index is 0.0316. The number of ether oxygens (including phenoxy) is 6. The average molecular weight is 915 g/mol. The van der Waals surface area contributed by atoms with Gasteiger partial charge in [-0.1, -0.05) is 56.4 Å². The van der Waals surface area contributed by atoms with Crippen LogP contribution in [0, 0.1) is 0 Å². The van der Waals surface area contributed by atoms with Crippen molar-refractivity contribution < 1.29 is 61.1 Å². The number of pyridine rings is 1. The number of aliphatic carboxylic acids is 1. The molecule has 3 aromatic rings. The van der Waals surface area contributed by atoms with Crippen LogP contribution in [0.4, 0.5) is 5.82 Å². The quantitative estimate of drug-likeness (QED) is 0.0429. The highest BCUT2D eigenvalue weighted by atomic mass is 32.2. The lowest BCUT2D eigenvalue weighted by atomic mass is 10.0. The number of hydrogen-bond acceptors (Lipinski definition) is 13. The van der Waals surface area contributed by atoms with Crippen molar-refractivity contribution in [3.05, 3.63) is 83.6 Å². The van der Waals surface area contributed by atoms with E-state index in [4.69, 9.17) is 33.5 Å². The van der Waals surface area contributed by atoms with Crippen LogP contribution in [-0.4, -0.2) is 120 Å². The van der Waals surface area contributed by atoms with Crippen molar-refractivity contribution in [3.63, 3.8) is 0 Å². The van der Waals surface area contributed by atoms with E-state index in [-0.39, 0.29) is 94.1 Å². The minimum Gasteiger partial charge on any atom is -0.493 e. The zero-order valence-corrected chi connectivity index (χ0v) is 38.2. The van der Waals surface area contributed by atoms with Gasteiger partial charge in [0, 0.05) is 32.1 Å². The van der Waals surface area contributed by atoms with Crippen LogP contribution in [0.3, 0.4) is 0 Å². The number of esters is 1. The molecule has 354 valence electrons. The summed E-state index contributed by atoms with van der Waals surface area (Å²) in [5.41, 5.74) is 2.28. The lowest BCUT2D eigenvalue weighted by Crippen LogP contribution is -2.31. The third-order valence-electron chi connectivity index (χ3n) is 9.15. The van der Waals surface area contributed by atoms with Gasteiger partial charge in [-0.3, -0.25) is 19.1 Å². The molecule has 17 nitrogen and oxygen atoms in total. The lowest BCUT2D eigenvalue weighted by Gasteiger charge is -2.19. The van der Waals surface area contributed by atoms with E-state index in [1.54, 1.807) is 12.1 Å². The number of nitrogens with one attached hydrogen (secondary N) is 3. The van der Waals surface area contributed by atoms with E-state index < -0.39 is 27.5 Å². The second-order valence-corrected chi connectivity index (χ2v) is 17.5. The maximum atomic E-state index is 13.0. The second kappa shape index (κ2) is 30.1. The van der Waals surface area contributed by atoms with E-state index in [1.165, 1.54) is 55.3 Å². The molecule has 18 heteroatoms. The zero-order valence-electron chi connectivity index (χ0n) is 37.4. The molecule has 0 aliphatic heterocycles. The number of sulfonamides is 1. The van der Waals surface area contributed by atoms with Gasteiger partial charge in [-0.2, -0.15) is 0 Å². The summed E-state index contributed by atoms with van der Waals surface area (Å²) in [6.07, 6.45) is 11.3. The van der Waals surface area contributed by atoms with Gasteiger partial charge in [0.25, 0.3) is 15.9 Å². The highest BCUT2D eigenvalue weighted by molar-refractivity contribution is 7.92. The number of nitrogens with zero attached hydrogens (tertiary/aromatic N) is 1. The van der Waals surface area contributed by atoms with Crippen LogP contribution in [0.5, 0.6) is 5.75 Å². The molecule has 0 unspecified atom stereocenters. The van der Waals surface area contributed by atoms with Crippen LogP contribution in [0.1, 0.15) is 93.6 Å². The van der Waals surface area contributed by atoms with E-state index in [0.717, 1.165) is 37.7 Å². The van der Waals surface area contributed by atoms with E-state index >= 15 is 0 Å². The summed E-state index contributed by atoms with van der Waals surface area (Å²) >= 11 is 0. The SMILES string of the molecule is CC(C)(C)OC(=O)CCCCCCCCCc1ccc(CCOc2ccc(S(=O)(=O)Nc3ccc(C(=O)NCCOCCOCC(=O)NCCOCCOCC(=O)O)cn3)cc2)cc1. The van der Waals surface area contributed by atoms with Gasteiger partial charge in [0.2, 0.25) is 5.91 Å². The van der Waals surface area contributed by atoms with Crippen molar-refractivity contribution in [2.75, 3.05) is 77.3 Å². The van der Waals surface area contributed by atoms with Crippen molar-refractivity contribution >= 4 is 39.6 Å². The van der Waals surface area contributed by atoms with Crippen molar-refractivity contribution in [1.82, 2.24) is 15.6 Å². The normalized spacial score (nSPS) is 11.5. The minimum atomic E-state index is -3.95. The molecule has 2 aromatic carbocycles. The summed E-state index contributed by atoms with van der Waals surface area (Å²) in [5.74, 6) is -1.31. The Balaban J connectivity index is 1.21. The monoisotopic (exact) mass is 914 g/mol. The van der Waals surface area contributed by atoms with Crippen molar-refractivity contribution in [1.29, 1.82) is 0 Å². The van der Waals surface area contributed by atoms with Crippen LogP contribution in [0.15, 0.2) is 71.8 Å². The Morgan fingerprint density at radius 1 is 0.641 bits per heavy atom. The van der Waals surface area contributed by atoms with Crippen LogP contribution >= 0.6 is 0 Å². The largest absolute Gasteiger partial charge is 0.493 e. The number of aryl methyl sites for hydroxylation is 1. The number of aromatic nitrogens is 1. The number of carbonyl (C=O) groups is 4. The number of carbonyl (C=O) groups excluding carboxylic acids is 3. The van der Waals surface area contributed by atoms with Crippen molar-refractivity contribution in [2.45, 2.75) is 95.5 Å². The number of carboxylic acid groups (broad SMARTS) is 1. The second-order valence-electron chi connectivity index (χ2n) is 15.8. The predicted molar refractivity (Wildman–Crippen MR) is 240 cm³/mol. The molecule has 0 atom stereocenters. The van der Waals surface area contributed by atoms with Crippen LogP contribution in [0.2, 0.25) is 0 Å². The fourth-order valence-corrected chi connectivity index (χ4v) is 6.96. The molecule has 3 rings (SSSR count). The van der Waals surface area contributed by atoms with E-state index in [2.05, 4.69) is 44.6 Å². The van der Waals surface area contributed by atoms with Gasteiger partial charge in [-0.05, 0) is 87.6 Å². The Bertz CT molecular complexity index is 1920. The molecular formula is C46H66N4O13S. The first kappa shape index (κ1) is 53.2. The van der Waals surface area contributed by atoms with Gasteiger partial charge < -0.3 is 44.2 Å².